The lowest BCUT2D eigenvalue weighted by atomic mass is 10.0. The first-order chi connectivity index (χ1) is 12.0. The Hall–Kier alpha value is -2.65. The molecular weight excluding hydrogens is 324 g/mol. The number of ether oxygens (including phenoxy) is 1. The van der Waals surface area contributed by atoms with Crippen molar-refractivity contribution in [2.75, 3.05) is 7.11 Å². The molecule has 2 aromatic carbocycles. The van der Waals surface area contributed by atoms with Crippen molar-refractivity contribution in [1.29, 1.82) is 0 Å². The Labute approximate surface area is 150 Å². The summed E-state index contributed by atoms with van der Waals surface area (Å²) in [6, 6.07) is 20.5. The van der Waals surface area contributed by atoms with Crippen molar-refractivity contribution >= 4 is 25.3 Å². The standard InChI is InChI=1S/C22H22O2Si/c1-24-22(23)20-16-25(2,3)21(18-12-8-5-9-13-18)15-19(20)14-17-10-6-4-7-11-17/h4-16H,1-3H3/b19-14-. The Morgan fingerprint density at radius 2 is 1.56 bits per heavy atom. The lowest BCUT2D eigenvalue weighted by Crippen LogP contribution is -2.31. The Morgan fingerprint density at radius 3 is 2.16 bits per heavy atom. The second-order valence-electron chi connectivity index (χ2n) is 6.71. The van der Waals surface area contributed by atoms with Gasteiger partial charge in [-0.2, -0.15) is 0 Å². The van der Waals surface area contributed by atoms with Crippen molar-refractivity contribution in [3.8, 4) is 0 Å². The first-order valence-corrected chi connectivity index (χ1v) is 11.4. The minimum absolute atomic E-state index is 0.272. The smallest absolute Gasteiger partial charge is 0.337 e. The van der Waals surface area contributed by atoms with Crippen LogP contribution in [-0.4, -0.2) is 21.2 Å². The van der Waals surface area contributed by atoms with Crippen LogP contribution in [0, 0.1) is 0 Å². The SMILES string of the molecule is COC(=O)C1=C[Si](C)(C)C(c2ccccc2)=C/C1=C/c1ccccc1. The molecule has 0 saturated heterocycles. The molecule has 3 heteroatoms. The minimum Gasteiger partial charge on any atom is -0.465 e. The van der Waals surface area contributed by atoms with E-state index in [0.717, 1.165) is 11.1 Å². The van der Waals surface area contributed by atoms with Crippen molar-refractivity contribution in [3.63, 3.8) is 0 Å². The quantitative estimate of drug-likeness (QED) is 0.574. The number of allylic oxidation sites excluding steroid dienone is 1. The van der Waals surface area contributed by atoms with Crippen LogP contribution >= 0.6 is 0 Å². The Kier molecular flexibility index (Phi) is 4.86. The molecule has 0 unspecified atom stereocenters. The molecule has 0 aromatic heterocycles. The molecule has 0 aliphatic carbocycles. The Balaban J connectivity index is 2.15. The molecule has 0 saturated carbocycles. The van der Waals surface area contributed by atoms with Gasteiger partial charge in [-0.3, -0.25) is 0 Å². The van der Waals surface area contributed by atoms with Crippen LogP contribution in [0.3, 0.4) is 0 Å². The lowest BCUT2D eigenvalue weighted by Gasteiger charge is -2.29. The molecule has 1 aliphatic rings. The zero-order valence-electron chi connectivity index (χ0n) is 14.8. The highest BCUT2D eigenvalue weighted by Crippen LogP contribution is 2.36. The van der Waals surface area contributed by atoms with Crippen LogP contribution in [0.5, 0.6) is 0 Å². The van der Waals surface area contributed by atoms with E-state index in [1.165, 1.54) is 17.9 Å². The summed E-state index contributed by atoms with van der Waals surface area (Å²) in [6.07, 6.45) is 4.22. The summed E-state index contributed by atoms with van der Waals surface area (Å²) in [5, 5.41) is 1.32. The van der Waals surface area contributed by atoms with Gasteiger partial charge in [0.1, 0.15) is 8.07 Å². The molecule has 2 aromatic rings. The van der Waals surface area contributed by atoms with Crippen LogP contribution < -0.4 is 0 Å². The molecule has 2 nitrogen and oxygen atoms in total. The van der Waals surface area contributed by atoms with Crippen LogP contribution in [0.25, 0.3) is 11.3 Å². The number of esters is 1. The number of benzene rings is 2. The largest absolute Gasteiger partial charge is 0.465 e. The van der Waals surface area contributed by atoms with E-state index in [2.05, 4.69) is 55.2 Å². The fraction of sp³-hybridized carbons (Fsp3) is 0.136. The van der Waals surface area contributed by atoms with Crippen LogP contribution in [0.2, 0.25) is 13.1 Å². The van der Waals surface area contributed by atoms with E-state index in [1.807, 2.05) is 36.4 Å². The van der Waals surface area contributed by atoms with Gasteiger partial charge in [-0.05, 0) is 28.0 Å². The predicted octanol–water partition coefficient (Wildman–Crippen LogP) is 5.05. The molecule has 1 heterocycles. The van der Waals surface area contributed by atoms with Gasteiger partial charge in [0, 0.05) is 0 Å². The zero-order chi connectivity index (χ0) is 17.9. The normalized spacial score (nSPS) is 17.6. The van der Waals surface area contributed by atoms with E-state index < -0.39 is 8.07 Å². The van der Waals surface area contributed by atoms with E-state index in [0.29, 0.717) is 5.57 Å². The molecule has 3 rings (SSSR count). The number of hydrogen-bond donors (Lipinski definition) is 0. The number of carbonyl (C=O) groups is 1. The maximum Gasteiger partial charge on any atom is 0.337 e. The summed E-state index contributed by atoms with van der Waals surface area (Å²) in [5.41, 5.74) is 6.01. The van der Waals surface area contributed by atoms with Gasteiger partial charge in [0.25, 0.3) is 0 Å². The van der Waals surface area contributed by atoms with Crippen molar-refractivity contribution in [2.24, 2.45) is 0 Å². The third-order valence-electron chi connectivity index (χ3n) is 4.42. The summed E-state index contributed by atoms with van der Waals surface area (Å²) >= 11 is 0. The number of hydrogen-bond acceptors (Lipinski definition) is 2. The Bertz CT molecular complexity index is 859. The molecule has 0 spiro atoms. The maximum atomic E-state index is 12.4. The van der Waals surface area contributed by atoms with Gasteiger partial charge < -0.3 is 4.74 Å². The minimum atomic E-state index is -1.90. The van der Waals surface area contributed by atoms with E-state index in [9.17, 15) is 4.79 Å². The molecular formula is C22H22O2Si. The van der Waals surface area contributed by atoms with Crippen molar-refractivity contribution < 1.29 is 9.53 Å². The third kappa shape index (κ3) is 3.72. The average molecular weight is 347 g/mol. The van der Waals surface area contributed by atoms with Gasteiger partial charge >= 0.3 is 5.97 Å². The van der Waals surface area contributed by atoms with E-state index in [1.54, 1.807) is 0 Å². The van der Waals surface area contributed by atoms with Gasteiger partial charge in [-0.15, -0.1) is 0 Å². The molecule has 0 atom stereocenters. The molecule has 1 aliphatic heterocycles. The van der Waals surface area contributed by atoms with Crippen LogP contribution in [0.4, 0.5) is 0 Å². The Morgan fingerprint density at radius 1 is 0.960 bits per heavy atom. The fourth-order valence-corrected chi connectivity index (χ4v) is 5.75. The van der Waals surface area contributed by atoms with Gasteiger partial charge in [0.05, 0.1) is 12.7 Å². The molecule has 0 radical (unpaired) electrons. The van der Waals surface area contributed by atoms with Crippen LogP contribution in [0.15, 0.2) is 83.6 Å². The second kappa shape index (κ2) is 7.07. The summed E-state index contributed by atoms with van der Waals surface area (Å²) in [6.45, 7) is 4.52. The number of carbonyl (C=O) groups excluding carboxylic acids is 1. The zero-order valence-corrected chi connectivity index (χ0v) is 15.8. The summed E-state index contributed by atoms with van der Waals surface area (Å²) in [5.74, 6) is -0.272. The summed E-state index contributed by atoms with van der Waals surface area (Å²) in [4.78, 5) is 12.4. The van der Waals surface area contributed by atoms with Crippen molar-refractivity contribution in [2.45, 2.75) is 13.1 Å². The lowest BCUT2D eigenvalue weighted by molar-refractivity contribution is -0.135. The topological polar surface area (TPSA) is 26.3 Å². The first-order valence-electron chi connectivity index (χ1n) is 8.37. The predicted molar refractivity (Wildman–Crippen MR) is 106 cm³/mol. The first kappa shape index (κ1) is 17.2. The van der Waals surface area contributed by atoms with Gasteiger partial charge in [0.2, 0.25) is 0 Å². The molecule has 0 amide bonds. The highest BCUT2D eigenvalue weighted by molar-refractivity contribution is 6.99. The van der Waals surface area contributed by atoms with Gasteiger partial charge in [0.15, 0.2) is 0 Å². The van der Waals surface area contributed by atoms with Crippen molar-refractivity contribution in [1.82, 2.24) is 0 Å². The van der Waals surface area contributed by atoms with Gasteiger partial charge in [-0.1, -0.05) is 85.5 Å². The molecule has 0 N–H and O–H groups in total. The molecule has 126 valence electrons. The van der Waals surface area contributed by atoms with Crippen LogP contribution in [-0.2, 0) is 9.53 Å². The molecule has 0 fully saturated rings. The average Bonchev–Trinajstić information content (AvgIpc) is 2.63. The molecule has 0 bridgehead atoms. The monoisotopic (exact) mass is 346 g/mol. The van der Waals surface area contributed by atoms with Crippen molar-refractivity contribution in [3.05, 3.63) is 94.7 Å². The van der Waals surface area contributed by atoms with Crippen LogP contribution in [0.1, 0.15) is 11.1 Å². The number of methoxy groups -OCH3 is 1. The summed E-state index contributed by atoms with van der Waals surface area (Å²) < 4.78 is 5.04. The maximum absolute atomic E-state index is 12.4. The van der Waals surface area contributed by atoms with E-state index >= 15 is 0 Å². The van der Waals surface area contributed by atoms with E-state index in [-0.39, 0.29) is 5.97 Å². The highest BCUT2D eigenvalue weighted by atomic mass is 28.3. The second-order valence-corrected chi connectivity index (χ2v) is 11.0. The third-order valence-corrected chi connectivity index (χ3v) is 7.25. The summed E-state index contributed by atoms with van der Waals surface area (Å²) in [7, 11) is -0.466. The fourth-order valence-electron chi connectivity index (χ4n) is 3.15. The highest BCUT2D eigenvalue weighted by Gasteiger charge is 2.32. The van der Waals surface area contributed by atoms with E-state index in [4.69, 9.17) is 4.74 Å². The number of rotatable bonds is 3. The molecule has 25 heavy (non-hydrogen) atoms. The van der Waals surface area contributed by atoms with Gasteiger partial charge in [-0.25, -0.2) is 4.79 Å².